The van der Waals surface area contributed by atoms with E-state index in [-0.39, 0.29) is 0 Å². The number of aldehydes is 1. The molecule has 0 amide bonds. The molecule has 1 heterocycles. The van der Waals surface area contributed by atoms with Crippen LogP contribution in [0.3, 0.4) is 0 Å². The van der Waals surface area contributed by atoms with Crippen LogP contribution in [0.2, 0.25) is 0 Å². The van der Waals surface area contributed by atoms with Gasteiger partial charge in [0.2, 0.25) is 0 Å². The lowest BCUT2D eigenvalue weighted by atomic mass is 10.0. The summed E-state index contributed by atoms with van der Waals surface area (Å²) >= 11 is 0. The van der Waals surface area contributed by atoms with Gasteiger partial charge in [-0.3, -0.25) is 4.90 Å². The minimum absolute atomic E-state index is 0.629. The molecule has 0 bridgehead atoms. The minimum Gasteiger partial charge on any atom is -0.302 e. The Labute approximate surface area is 49.5 Å². The molecular weight excluding hydrogens is 102 g/mol. The molecule has 0 atom stereocenters. The van der Waals surface area contributed by atoms with Crippen molar-refractivity contribution in [2.45, 2.75) is 6.92 Å². The summed E-state index contributed by atoms with van der Waals surface area (Å²) < 4.78 is 0. The summed E-state index contributed by atoms with van der Waals surface area (Å²) in [7, 11) is 0. The van der Waals surface area contributed by atoms with Gasteiger partial charge >= 0.3 is 0 Å². The van der Waals surface area contributed by atoms with E-state index in [1.807, 2.05) is 0 Å². The van der Waals surface area contributed by atoms with E-state index in [0.717, 1.165) is 25.3 Å². The van der Waals surface area contributed by atoms with E-state index in [1.165, 1.54) is 0 Å². The highest BCUT2D eigenvalue weighted by Gasteiger charge is 2.20. The van der Waals surface area contributed by atoms with E-state index < -0.39 is 0 Å². The van der Waals surface area contributed by atoms with Gasteiger partial charge in [-0.1, -0.05) is 6.92 Å². The van der Waals surface area contributed by atoms with Gasteiger partial charge in [-0.05, 0) is 5.92 Å². The van der Waals surface area contributed by atoms with Gasteiger partial charge in [0.1, 0.15) is 6.29 Å². The SMILES string of the molecule is CC1CN(CC=O)C1. The van der Waals surface area contributed by atoms with E-state index in [2.05, 4.69) is 11.8 Å². The zero-order valence-electron chi connectivity index (χ0n) is 5.13. The van der Waals surface area contributed by atoms with Crippen molar-refractivity contribution >= 4 is 6.29 Å². The number of nitrogens with zero attached hydrogens (tertiary/aromatic N) is 1. The smallest absolute Gasteiger partial charge is 0.133 e. The van der Waals surface area contributed by atoms with E-state index in [9.17, 15) is 4.79 Å². The zero-order valence-corrected chi connectivity index (χ0v) is 5.13. The van der Waals surface area contributed by atoms with Crippen molar-refractivity contribution in [2.24, 2.45) is 5.92 Å². The Morgan fingerprint density at radius 3 is 2.75 bits per heavy atom. The van der Waals surface area contributed by atoms with Crippen molar-refractivity contribution in [2.75, 3.05) is 19.6 Å². The number of rotatable bonds is 2. The molecule has 0 aromatic heterocycles. The zero-order chi connectivity index (χ0) is 5.98. The third-order valence-electron chi connectivity index (χ3n) is 1.47. The molecule has 0 saturated carbocycles. The van der Waals surface area contributed by atoms with Crippen LogP contribution in [0.4, 0.5) is 0 Å². The van der Waals surface area contributed by atoms with Crippen LogP contribution in [0, 0.1) is 5.92 Å². The minimum atomic E-state index is 0.629. The van der Waals surface area contributed by atoms with Crippen molar-refractivity contribution in [1.29, 1.82) is 0 Å². The standard InChI is InChI=1S/C6H11NO/c1-6-4-7(5-6)2-3-8/h3,6H,2,4-5H2,1H3. The van der Waals surface area contributed by atoms with E-state index in [1.54, 1.807) is 0 Å². The molecule has 0 aromatic carbocycles. The monoisotopic (exact) mass is 113 g/mol. The molecule has 2 nitrogen and oxygen atoms in total. The van der Waals surface area contributed by atoms with Crippen molar-refractivity contribution in [3.8, 4) is 0 Å². The number of hydrogen-bond donors (Lipinski definition) is 0. The molecule has 0 aromatic rings. The largest absolute Gasteiger partial charge is 0.302 e. The van der Waals surface area contributed by atoms with E-state index in [4.69, 9.17) is 0 Å². The predicted molar refractivity (Wildman–Crippen MR) is 31.7 cm³/mol. The number of carbonyl (C=O) groups excluding carboxylic acids is 1. The van der Waals surface area contributed by atoms with Gasteiger partial charge in [0.05, 0.1) is 6.54 Å². The Morgan fingerprint density at radius 1 is 1.75 bits per heavy atom. The van der Waals surface area contributed by atoms with Gasteiger partial charge in [0.15, 0.2) is 0 Å². The fourth-order valence-electron chi connectivity index (χ4n) is 1.08. The Balaban J connectivity index is 2.06. The summed E-state index contributed by atoms with van der Waals surface area (Å²) in [5.41, 5.74) is 0. The number of likely N-dealkylation sites (tertiary alicyclic amines) is 1. The average molecular weight is 113 g/mol. The van der Waals surface area contributed by atoms with Crippen LogP contribution in [-0.2, 0) is 4.79 Å². The van der Waals surface area contributed by atoms with Crippen molar-refractivity contribution in [1.82, 2.24) is 4.90 Å². The number of carbonyl (C=O) groups is 1. The Hall–Kier alpha value is -0.370. The maximum Gasteiger partial charge on any atom is 0.133 e. The molecule has 0 spiro atoms. The van der Waals surface area contributed by atoms with Crippen LogP contribution in [-0.4, -0.2) is 30.8 Å². The summed E-state index contributed by atoms with van der Waals surface area (Å²) in [5.74, 6) is 0.815. The third kappa shape index (κ3) is 1.07. The molecule has 1 saturated heterocycles. The first-order valence-electron chi connectivity index (χ1n) is 2.99. The third-order valence-corrected chi connectivity index (χ3v) is 1.47. The van der Waals surface area contributed by atoms with Gasteiger partial charge in [-0.2, -0.15) is 0 Å². The molecular formula is C6H11NO. The van der Waals surface area contributed by atoms with Crippen LogP contribution in [0.1, 0.15) is 6.92 Å². The molecule has 1 aliphatic heterocycles. The van der Waals surface area contributed by atoms with Crippen molar-refractivity contribution < 1.29 is 4.79 Å². The van der Waals surface area contributed by atoms with Crippen LogP contribution >= 0.6 is 0 Å². The average Bonchev–Trinajstić information content (AvgIpc) is 1.64. The van der Waals surface area contributed by atoms with Crippen molar-refractivity contribution in [3.05, 3.63) is 0 Å². The summed E-state index contributed by atoms with van der Waals surface area (Å²) in [6, 6.07) is 0. The molecule has 2 heteroatoms. The van der Waals surface area contributed by atoms with Crippen LogP contribution < -0.4 is 0 Å². The van der Waals surface area contributed by atoms with Gasteiger partial charge in [-0.25, -0.2) is 0 Å². The second-order valence-electron chi connectivity index (χ2n) is 2.49. The fourth-order valence-corrected chi connectivity index (χ4v) is 1.08. The molecule has 0 aliphatic carbocycles. The highest BCUT2D eigenvalue weighted by atomic mass is 16.1. The molecule has 1 fully saturated rings. The van der Waals surface area contributed by atoms with Gasteiger partial charge in [0.25, 0.3) is 0 Å². The summed E-state index contributed by atoms with van der Waals surface area (Å²) in [6.45, 7) is 5.04. The first-order chi connectivity index (χ1) is 3.83. The first-order valence-corrected chi connectivity index (χ1v) is 2.99. The van der Waals surface area contributed by atoms with Crippen LogP contribution in [0.25, 0.3) is 0 Å². The molecule has 8 heavy (non-hydrogen) atoms. The molecule has 0 radical (unpaired) electrons. The molecule has 46 valence electrons. The second kappa shape index (κ2) is 2.27. The Kier molecular flexibility index (Phi) is 1.63. The Bertz CT molecular complexity index is 86.5. The lowest BCUT2D eigenvalue weighted by molar-refractivity contribution is -0.110. The first kappa shape index (κ1) is 5.76. The normalized spacial score (nSPS) is 22.6. The quantitative estimate of drug-likeness (QED) is 0.475. The molecule has 0 N–H and O–H groups in total. The maximum absolute atomic E-state index is 9.87. The second-order valence-corrected chi connectivity index (χ2v) is 2.49. The maximum atomic E-state index is 9.87. The highest BCUT2D eigenvalue weighted by Crippen LogP contribution is 2.11. The summed E-state index contributed by atoms with van der Waals surface area (Å²) in [4.78, 5) is 12.0. The van der Waals surface area contributed by atoms with Crippen molar-refractivity contribution in [3.63, 3.8) is 0 Å². The topological polar surface area (TPSA) is 20.3 Å². The fraction of sp³-hybridized carbons (Fsp3) is 0.833. The summed E-state index contributed by atoms with van der Waals surface area (Å²) in [5, 5.41) is 0. The Morgan fingerprint density at radius 2 is 2.38 bits per heavy atom. The molecule has 1 rings (SSSR count). The van der Waals surface area contributed by atoms with Gasteiger partial charge < -0.3 is 4.79 Å². The van der Waals surface area contributed by atoms with Crippen LogP contribution in [0.15, 0.2) is 0 Å². The van der Waals surface area contributed by atoms with E-state index in [0.29, 0.717) is 6.54 Å². The number of hydrogen-bond acceptors (Lipinski definition) is 2. The summed E-state index contributed by atoms with van der Waals surface area (Å²) in [6.07, 6.45) is 0.964. The van der Waals surface area contributed by atoms with E-state index >= 15 is 0 Å². The lowest BCUT2D eigenvalue weighted by Gasteiger charge is -2.35. The predicted octanol–water partition coefficient (Wildman–Crippen LogP) is 0.137. The van der Waals surface area contributed by atoms with Gasteiger partial charge in [-0.15, -0.1) is 0 Å². The van der Waals surface area contributed by atoms with Gasteiger partial charge in [0, 0.05) is 13.1 Å². The highest BCUT2D eigenvalue weighted by molar-refractivity contribution is 5.52. The van der Waals surface area contributed by atoms with Crippen LogP contribution in [0.5, 0.6) is 0 Å². The molecule has 1 aliphatic rings. The lowest BCUT2D eigenvalue weighted by Crippen LogP contribution is -2.45. The molecule has 0 unspecified atom stereocenters.